The van der Waals surface area contributed by atoms with Gasteiger partial charge in [0.15, 0.2) is 16.1 Å². The number of anilines is 1. The number of benzene rings is 3. The van der Waals surface area contributed by atoms with Gasteiger partial charge < -0.3 is 5.32 Å². The van der Waals surface area contributed by atoms with E-state index in [1.807, 2.05) is 89.5 Å². The van der Waals surface area contributed by atoms with Crippen molar-refractivity contribution in [1.29, 1.82) is 0 Å². The fourth-order valence-electron chi connectivity index (χ4n) is 3.48. The lowest BCUT2D eigenvalue weighted by molar-refractivity contribution is -0.113. The van der Waals surface area contributed by atoms with Gasteiger partial charge in [-0.1, -0.05) is 84.0 Å². The van der Waals surface area contributed by atoms with Gasteiger partial charge in [-0.05, 0) is 29.8 Å². The van der Waals surface area contributed by atoms with Crippen molar-refractivity contribution in [2.24, 2.45) is 0 Å². The lowest BCUT2D eigenvalue weighted by atomic mass is 10.1. The molecule has 0 bridgehead atoms. The Bertz CT molecular complexity index is 1420. The summed E-state index contributed by atoms with van der Waals surface area (Å²) in [4.78, 5) is 18.1. The van der Waals surface area contributed by atoms with Gasteiger partial charge in [0.1, 0.15) is 0 Å². The average Bonchev–Trinajstić information content (AvgIpc) is 3.52. The number of halogens is 1. The Hall–Kier alpha value is -3.46. The molecular formula is C26H20ClN5OS2. The van der Waals surface area contributed by atoms with Crippen LogP contribution in [0, 0.1) is 0 Å². The molecule has 6 nitrogen and oxygen atoms in total. The zero-order chi connectivity index (χ0) is 24.0. The van der Waals surface area contributed by atoms with E-state index in [0.29, 0.717) is 15.3 Å². The summed E-state index contributed by atoms with van der Waals surface area (Å²) in [6.07, 6.45) is 2.53. The van der Waals surface area contributed by atoms with Gasteiger partial charge in [0, 0.05) is 33.8 Å². The van der Waals surface area contributed by atoms with E-state index in [1.54, 1.807) is 6.20 Å². The number of hydrogen-bond donors (Lipinski definition) is 1. The summed E-state index contributed by atoms with van der Waals surface area (Å²) in [5.41, 5.74) is 3.03. The minimum atomic E-state index is -0.147. The number of hydrogen-bond acceptors (Lipinski definition) is 6. The number of carbonyl (C=O) groups excluding carboxylic acids is 1. The van der Waals surface area contributed by atoms with Crippen LogP contribution in [0.15, 0.2) is 96.3 Å². The maximum absolute atomic E-state index is 12.7. The van der Waals surface area contributed by atoms with Crippen molar-refractivity contribution in [2.75, 3.05) is 11.1 Å². The van der Waals surface area contributed by atoms with Gasteiger partial charge in [-0.25, -0.2) is 4.98 Å². The van der Waals surface area contributed by atoms with Crippen molar-refractivity contribution >= 4 is 45.7 Å². The molecule has 1 amide bonds. The Balaban J connectivity index is 1.27. The lowest BCUT2D eigenvalue weighted by Crippen LogP contribution is -2.14. The number of thiazole rings is 1. The van der Waals surface area contributed by atoms with Crippen LogP contribution in [0.25, 0.3) is 17.1 Å². The molecule has 0 atom stereocenters. The van der Waals surface area contributed by atoms with Gasteiger partial charge in [0.2, 0.25) is 5.91 Å². The molecule has 0 unspecified atom stereocenters. The minimum Gasteiger partial charge on any atom is -0.301 e. The summed E-state index contributed by atoms with van der Waals surface area (Å²) >= 11 is 8.76. The highest BCUT2D eigenvalue weighted by molar-refractivity contribution is 7.99. The molecule has 0 aliphatic rings. The average molecular weight is 518 g/mol. The molecule has 2 heterocycles. The van der Waals surface area contributed by atoms with Crippen LogP contribution >= 0.6 is 34.7 Å². The summed E-state index contributed by atoms with van der Waals surface area (Å²) < 4.78 is 1.97. The Morgan fingerprint density at radius 3 is 2.40 bits per heavy atom. The van der Waals surface area contributed by atoms with E-state index in [-0.39, 0.29) is 11.7 Å². The summed E-state index contributed by atoms with van der Waals surface area (Å²) in [5, 5.41) is 13.6. The Labute approximate surface area is 216 Å². The monoisotopic (exact) mass is 517 g/mol. The first-order chi connectivity index (χ1) is 17.2. The molecule has 0 saturated carbocycles. The fraction of sp³-hybridized carbons (Fsp3) is 0.0769. The molecule has 0 aliphatic carbocycles. The van der Waals surface area contributed by atoms with E-state index in [9.17, 15) is 4.79 Å². The zero-order valence-corrected chi connectivity index (χ0v) is 20.9. The van der Waals surface area contributed by atoms with E-state index < -0.39 is 0 Å². The number of nitrogens with zero attached hydrogens (tertiary/aromatic N) is 4. The van der Waals surface area contributed by atoms with Crippen molar-refractivity contribution in [3.05, 3.63) is 107 Å². The van der Waals surface area contributed by atoms with Gasteiger partial charge in [0.25, 0.3) is 0 Å². The normalized spacial score (nSPS) is 10.9. The second-order valence-electron chi connectivity index (χ2n) is 7.61. The van der Waals surface area contributed by atoms with E-state index in [1.165, 1.54) is 23.1 Å². The molecule has 9 heteroatoms. The van der Waals surface area contributed by atoms with Gasteiger partial charge >= 0.3 is 0 Å². The summed E-state index contributed by atoms with van der Waals surface area (Å²) in [5.74, 6) is 0.768. The van der Waals surface area contributed by atoms with Crippen LogP contribution in [0.4, 0.5) is 5.13 Å². The number of carbonyl (C=O) groups is 1. The molecule has 3 aromatic carbocycles. The van der Waals surface area contributed by atoms with Gasteiger partial charge in [-0.15, -0.1) is 21.5 Å². The lowest BCUT2D eigenvalue weighted by Gasteiger charge is -2.10. The quantitative estimate of drug-likeness (QED) is 0.242. The van der Waals surface area contributed by atoms with E-state index in [2.05, 4.69) is 20.5 Å². The zero-order valence-electron chi connectivity index (χ0n) is 18.5. The highest BCUT2D eigenvalue weighted by atomic mass is 35.5. The SMILES string of the molecule is O=C(CSc1nnc(-c2ccccc2)n1-c1ccccc1)Nc1ncc(Cc2ccc(Cl)cc2)s1. The number of rotatable bonds is 8. The topological polar surface area (TPSA) is 72.7 Å². The first-order valence-corrected chi connectivity index (χ1v) is 13.0. The smallest absolute Gasteiger partial charge is 0.236 e. The van der Waals surface area contributed by atoms with Gasteiger partial charge in [0.05, 0.1) is 5.75 Å². The second-order valence-corrected chi connectivity index (χ2v) is 10.1. The van der Waals surface area contributed by atoms with Crippen molar-refractivity contribution in [3.63, 3.8) is 0 Å². The molecule has 0 aliphatic heterocycles. The fourth-order valence-corrected chi connectivity index (χ4v) is 5.22. The Morgan fingerprint density at radius 2 is 1.66 bits per heavy atom. The van der Waals surface area contributed by atoms with Crippen molar-refractivity contribution in [3.8, 4) is 17.1 Å². The van der Waals surface area contributed by atoms with E-state index in [0.717, 1.165) is 33.9 Å². The van der Waals surface area contributed by atoms with Crippen LogP contribution in [0.5, 0.6) is 0 Å². The predicted molar refractivity (Wildman–Crippen MR) is 143 cm³/mol. The number of nitrogens with one attached hydrogen (secondary N) is 1. The third-order valence-electron chi connectivity index (χ3n) is 5.10. The number of aromatic nitrogens is 4. The molecule has 35 heavy (non-hydrogen) atoms. The molecule has 0 fully saturated rings. The molecule has 0 saturated heterocycles. The van der Waals surface area contributed by atoms with Crippen molar-refractivity contribution in [2.45, 2.75) is 11.6 Å². The first-order valence-electron chi connectivity index (χ1n) is 10.8. The van der Waals surface area contributed by atoms with Crippen LogP contribution in [0.3, 0.4) is 0 Å². The maximum Gasteiger partial charge on any atom is 0.236 e. The second kappa shape index (κ2) is 10.9. The third kappa shape index (κ3) is 5.79. The summed E-state index contributed by atoms with van der Waals surface area (Å²) in [6, 6.07) is 27.5. The molecule has 5 rings (SSSR count). The van der Waals surface area contributed by atoms with E-state index >= 15 is 0 Å². The van der Waals surface area contributed by atoms with E-state index in [4.69, 9.17) is 11.6 Å². The Morgan fingerprint density at radius 1 is 0.943 bits per heavy atom. The van der Waals surface area contributed by atoms with Crippen LogP contribution in [0.2, 0.25) is 5.02 Å². The predicted octanol–water partition coefficient (Wildman–Crippen LogP) is 6.37. The summed E-state index contributed by atoms with van der Waals surface area (Å²) in [7, 11) is 0. The third-order valence-corrected chi connectivity index (χ3v) is 7.20. The van der Waals surface area contributed by atoms with Crippen LogP contribution in [0.1, 0.15) is 10.4 Å². The molecule has 5 aromatic rings. The van der Waals surface area contributed by atoms with Gasteiger partial charge in [-0.2, -0.15) is 0 Å². The van der Waals surface area contributed by atoms with Crippen LogP contribution in [-0.4, -0.2) is 31.4 Å². The van der Waals surface area contributed by atoms with Crippen LogP contribution < -0.4 is 5.32 Å². The highest BCUT2D eigenvalue weighted by Gasteiger charge is 2.17. The molecule has 174 valence electrons. The van der Waals surface area contributed by atoms with Crippen LogP contribution in [-0.2, 0) is 11.2 Å². The van der Waals surface area contributed by atoms with Crippen molar-refractivity contribution in [1.82, 2.24) is 19.7 Å². The number of thioether (sulfide) groups is 1. The Kier molecular flexibility index (Phi) is 7.23. The maximum atomic E-state index is 12.7. The highest BCUT2D eigenvalue weighted by Crippen LogP contribution is 2.28. The minimum absolute atomic E-state index is 0.147. The van der Waals surface area contributed by atoms with Gasteiger partial charge in [-0.3, -0.25) is 9.36 Å². The molecule has 0 spiro atoms. The summed E-state index contributed by atoms with van der Waals surface area (Å²) in [6.45, 7) is 0. The largest absolute Gasteiger partial charge is 0.301 e. The van der Waals surface area contributed by atoms with Crippen molar-refractivity contribution < 1.29 is 4.79 Å². The number of amides is 1. The standard InChI is InChI=1S/C26H20ClN5OS2/c27-20-13-11-18(12-14-20)15-22-16-28-25(35-22)29-23(33)17-34-26-31-30-24(19-7-3-1-4-8-19)32(26)21-9-5-2-6-10-21/h1-14,16H,15,17H2,(H,28,29,33). The molecule has 1 N–H and O–H groups in total. The number of para-hydroxylation sites is 1. The first kappa shape index (κ1) is 23.3. The molecule has 0 radical (unpaired) electrons. The molecule has 2 aromatic heterocycles. The molecular weight excluding hydrogens is 498 g/mol.